The van der Waals surface area contributed by atoms with Gasteiger partial charge in [-0.1, -0.05) is 56.2 Å². The van der Waals surface area contributed by atoms with Gasteiger partial charge >= 0.3 is 0 Å². The van der Waals surface area contributed by atoms with E-state index >= 15 is 0 Å². The number of pyridine rings is 1. The fourth-order valence-electron chi connectivity index (χ4n) is 3.79. The number of rotatable bonds is 2. The summed E-state index contributed by atoms with van der Waals surface area (Å²) in [7, 11) is 0. The lowest BCUT2D eigenvalue weighted by molar-refractivity contribution is 0.419. The van der Waals surface area contributed by atoms with Crippen molar-refractivity contribution in [3.63, 3.8) is 0 Å². The smallest absolute Gasteiger partial charge is 0.0783 e. The van der Waals surface area contributed by atoms with E-state index in [2.05, 4.69) is 49.4 Å². The van der Waals surface area contributed by atoms with Crippen molar-refractivity contribution < 1.29 is 0 Å². The Morgan fingerprint density at radius 3 is 2.86 bits per heavy atom. The SMILES string of the molecule is CCC[C@H]1CCc2nc3c(ccc4ccccc43)cc2C1. The van der Waals surface area contributed by atoms with Crippen molar-refractivity contribution in [2.45, 2.75) is 39.0 Å². The van der Waals surface area contributed by atoms with Crippen molar-refractivity contribution in [1.29, 1.82) is 0 Å². The summed E-state index contributed by atoms with van der Waals surface area (Å²) in [5.41, 5.74) is 4.01. The first-order valence-electron chi connectivity index (χ1n) is 8.15. The van der Waals surface area contributed by atoms with Gasteiger partial charge in [-0.3, -0.25) is 4.98 Å². The number of benzene rings is 2. The van der Waals surface area contributed by atoms with Gasteiger partial charge in [0.2, 0.25) is 0 Å². The van der Waals surface area contributed by atoms with Crippen LogP contribution in [0, 0.1) is 5.92 Å². The van der Waals surface area contributed by atoms with Crippen molar-refractivity contribution in [3.8, 4) is 0 Å². The molecule has 1 heteroatoms. The number of hydrogen-bond donors (Lipinski definition) is 0. The first kappa shape index (κ1) is 12.8. The van der Waals surface area contributed by atoms with Crippen LogP contribution >= 0.6 is 0 Å². The fourth-order valence-corrected chi connectivity index (χ4v) is 3.79. The Balaban J connectivity index is 1.87. The third-order valence-corrected chi connectivity index (χ3v) is 4.87. The minimum Gasteiger partial charge on any atom is -0.252 e. The largest absolute Gasteiger partial charge is 0.252 e. The van der Waals surface area contributed by atoms with Crippen molar-refractivity contribution in [1.82, 2.24) is 4.98 Å². The van der Waals surface area contributed by atoms with Crippen LogP contribution in [0.4, 0.5) is 0 Å². The van der Waals surface area contributed by atoms with Crippen molar-refractivity contribution >= 4 is 21.7 Å². The predicted octanol–water partition coefficient (Wildman–Crippen LogP) is 5.29. The summed E-state index contributed by atoms with van der Waals surface area (Å²) in [6, 6.07) is 15.4. The van der Waals surface area contributed by atoms with Gasteiger partial charge in [-0.15, -0.1) is 0 Å². The minimum absolute atomic E-state index is 0.863. The highest BCUT2D eigenvalue weighted by molar-refractivity contribution is 6.05. The van der Waals surface area contributed by atoms with Crippen molar-refractivity contribution in [2.75, 3.05) is 0 Å². The Kier molecular flexibility index (Phi) is 3.14. The summed E-state index contributed by atoms with van der Waals surface area (Å²) in [6.45, 7) is 2.29. The predicted molar refractivity (Wildman–Crippen MR) is 89.7 cm³/mol. The van der Waals surface area contributed by atoms with Crippen molar-refractivity contribution in [2.24, 2.45) is 5.92 Å². The van der Waals surface area contributed by atoms with E-state index in [1.165, 1.54) is 58.6 Å². The van der Waals surface area contributed by atoms with E-state index in [0.717, 1.165) is 12.3 Å². The summed E-state index contributed by atoms with van der Waals surface area (Å²) in [4.78, 5) is 5.04. The third kappa shape index (κ3) is 2.21. The van der Waals surface area contributed by atoms with E-state index in [9.17, 15) is 0 Å². The van der Waals surface area contributed by atoms with Crippen LogP contribution in [0.3, 0.4) is 0 Å². The van der Waals surface area contributed by atoms with Gasteiger partial charge in [-0.25, -0.2) is 0 Å². The quantitative estimate of drug-likeness (QED) is 0.579. The van der Waals surface area contributed by atoms with Crippen LogP contribution in [0.25, 0.3) is 21.7 Å². The second-order valence-corrected chi connectivity index (χ2v) is 6.35. The zero-order chi connectivity index (χ0) is 14.2. The molecule has 4 rings (SSSR count). The fraction of sp³-hybridized carbons (Fsp3) is 0.350. The van der Waals surface area contributed by atoms with E-state index in [1.807, 2.05) is 0 Å². The molecule has 0 bridgehead atoms. The van der Waals surface area contributed by atoms with Crippen LogP contribution in [0.2, 0.25) is 0 Å². The molecule has 2 aromatic carbocycles. The number of aryl methyl sites for hydroxylation is 1. The van der Waals surface area contributed by atoms with Gasteiger partial charge in [0.1, 0.15) is 0 Å². The van der Waals surface area contributed by atoms with Crippen LogP contribution < -0.4 is 0 Å². The average Bonchev–Trinajstić information content (AvgIpc) is 2.53. The van der Waals surface area contributed by atoms with E-state index < -0.39 is 0 Å². The maximum atomic E-state index is 5.04. The molecule has 0 amide bonds. The summed E-state index contributed by atoms with van der Waals surface area (Å²) >= 11 is 0. The van der Waals surface area contributed by atoms with E-state index in [1.54, 1.807) is 0 Å². The van der Waals surface area contributed by atoms with Crippen LogP contribution in [-0.2, 0) is 12.8 Å². The molecule has 0 saturated heterocycles. The number of nitrogens with zero attached hydrogens (tertiary/aromatic N) is 1. The normalized spacial score (nSPS) is 18.0. The number of hydrogen-bond acceptors (Lipinski definition) is 1. The Hall–Kier alpha value is -1.89. The van der Waals surface area contributed by atoms with Gasteiger partial charge in [0.05, 0.1) is 5.52 Å². The van der Waals surface area contributed by atoms with Gasteiger partial charge < -0.3 is 0 Å². The lowest BCUT2D eigenvalue weighted by Crippen LogP contribution is -2.15. The molecule has 1 aliphatic carbocycles. The zero-order valence-electron chi connectivity index (χ0n) is 12.6. The van der Waals surface area contributed by atoms with Gasteiger partial charge in [0.25, 0.3) is 0 Å². The summed E-state index contributed by atoms with van der Waals surface area (Å²) in [5.74, 6) is 0.863. The third-order valence-electron chi connectivity index (χ3n) is 4.87. The molecule has 0 radical (unpaired) electrons. The molecular weight excluding hydrogens is 254 g/mol. The van der Waals surface area contributed by atoms with Crippen LogP contribution in [-0.4, -0.2) is 4.98 Å². The molecule has 0 saturated carbocycles. The lowest BCUT2D eigenvalue weighted by Gasteiger charge is -2.24. The standard InChI is InChI=1S/C20H21N/c1-2-5-14-8-11-19-17(12-14)13-16-10-9-15-6-3-4-7-18(15)20(16)21-19/h3-4,6-7,9-10,13-14H,2,5,8,11-12H2,1H3/t14-/m0/s1. The zero-order valence-corrected chi connectivity index (χ0v) is 12.6. The summed E-state index contributed by atoms with van der Waals surface area (Å²) < 4.78 is 0. The molecule has 3 aromatic rings. The van der Waals surface area contributed by atoms with Gasteiger partial charge in [0, 0.05) is 16.5 Å². The number of fused-ring (bicyclic) bond motifs is 4. The molecule has 1 aliphatic rings. The van der Waals surface area contributed by atoms with Crippen molar-refractivity contribution in [3.05, 3.63) is 53.7 Å². The topological polar surface area (TPSA) is 12.9 Å². The van der Waals surface area contributed by atoms with E-state index in [-0.39, 0.29) is 0 Å². The highest BCUT2D eigenvalue weighted by Crippen LogP contribution is 2.32. The second kappa shape index (κ2) is 5.14. The molecule has 0 spiro atoms. The maximum Gasteiger partial charge on any atom is 0.0783 e. The van der Waals surface area contributed by atoms with Gasteiger partial charge in [-0.2, -0.15) is 0 Å². The van der Waals surface area contributed by atoms with Crippen LogP contribution in [0.15, 0.2) is 42.5 Å². The molecule has 21 heavy (non-hydrogen) atoms. The van der Waals surface area contributed by atoms with Gasteiger partial charge in [0.15, 0.2) is 0 Å². The molecule has 0 N–H and O–H groups in total. The van der Waals surface area contributed by atoms with E-state index in [4.69, 9.17) is 4.98 Å². The monoisotopic (exact) mass is 275 g/mol. The summed E-state index contributed by atoms with van der Waals surface area (Å²) in [6.07, 6.45) is 6.34. The van der Waals surface area contributed by atoms with Gasteiger partial charge in [-0.05, 0) is 42.2 Å². The minimum atomic E-state index is 0.863. The Morgan fingerprint density at radius 2 is 1.95 bits per heavy atom. The first-order valence-corrected chi connectivity index (χ1v) is 8.15. The van der Waals surface area contributed by atoms with E-state index in [0.29, 0.717) is 0 Å². The molecule has 1 aromatic heterocycles. The maximum absolute atomic E-state index is 5.04. The molecule has 106 valence electrons. The molecule has 0 unspecified atom stereocenters. The Bertz CT molecular complexity index is 803. The highest BCUT2D eigenvalue weighted by Gasteiger charge is 2.20. The average molecular weight is 275 g/mol. The second-order valence-electron chi connectivity index (χ2n) is 6.35. The summed E-state index contributed by atoms with van der Waals surface area (Å²) in [5, 5.41) is 3.87. The lowest BCUT2D eigenvalue weighted by atomic mass is 9.83. The molecule has 1 atom stereocenters. The Morgan fingerprint density at radius 1 is 1.10 bits per heavy atom. The van der Waals surface area contributed by atoms with Crippen LogP contribution in [0.5, 0.6) is 0 Å². The molecule has 0 aliphatic heterocycles. The Labute approximate surface area is 126 Å². The first-order chi connectivity index (χ1) is 10.3. The molecular formula is C20H21N. The molecule has 1 nitrogen and oxygen atoms in total. The highest BCUT2D eigenvalue weighted by atomic mass is 14.7. The van der Waals surface area contributed by atoms with Crippen LogP contribution in [0.1, 0.15) is 37.4 Å². The molecule has 1 heterocycles. The number of aromatic nitrogens is 1. The molecule has 0 fully saturated rings.